The van der Waals surface area contributed by atoms with Crippen molar-refractivity contribution in [3.05, 3.63) is 23.3 Å². The third-order valence-electron chi connectivity index (χ3n) is 8.36. The summed E-state index contributed by atoms with van der Waals surface area (Å²) in [4.78, 5) is 24.2. The molecule has 5 rings (SSSR count). The number of hydrogen-bond acceptors (Lipinski definition) is 4. The lowest BCUT2D eigenvalue weighted by Gasteiger charge is -2.55. The largest absolute Gasteiger partial charge is 0.388 e. The van der Waals surface area contributed by atoms with Gasteiger partial charge in [0.2, 0.25) is 0 Å². The van der Waals surface area contributed by atoms with Crippen molar-refractivity contribution < 1.29 is 19.4 Å². The van der Waals surface area contributed by atoms with E-state index in [0.717, 1.165) is 37.7 Å². The van der Waals surface area contributed by atoms with E-state index in [1.807, 2.05) is 6.08 Å². The summed E-state index contributed by atoms with van der Waals surface area (Å²) in [6.45, 7) is 4.11. The van der Waals surface area contributed by atoms with E-state index in [4.69, 9.17) is 4.74 Å². The fourth-order valence-electron chi connectivity index (χ4n) is 7.10. The first-order chi connectivity index (χ1) is 11.9. The van der Waals surface area contributed by atoms with E-state index < -0.39 is 6.61 Å². The Kier molecular flexibility index (Phi) is 3.01. The Morgan fingerprint density at radius 3 is 2.88 bits per heavy atom. The van der Waals surface area contributed by atoms with Gasteiger partial charge < -0.3 is 9.84 Å². The first kappa shape index (κ1) is 16.0. The zero-order valence-corrected chi connectivity index (χ0v) is 15.0. The lowest BCUT2D eigenvalue weighted by Crippen LogP contribution is -2.57. The van der Waals surface area contributed by atoms with Crippen molar-refractivity contribution in [3.63, 3.8) is 0 Å². The maximum Gasteiger partial charge on any atom is 0.184 e. The predicted octanol–water partition coefficient (Wildman–Crippen LogP) is 2.75. The van der Waals surface area contributed by atoms with Gasteiger partial charge in [0.25, 0.3) is 0 Å². The molecule has 1 heterocycles. The average Bonchev–Trinajstić information content (AvgIpc) is 3.20. The molecule has 6 atom stereocenters. The number of aliphatic hydroxyl groups is 1. The number of rotatable bonds is 2. The molecule has 25 heavy (non-hydrogen) atoms. The highest BCUT2D eigenvalue weighted by Crippen LogP contribution is 2.75. The second kappa shape index (κ2) is 4.72. The van der Waals surface area contributed by atoms with Gasteiger partial charge in [-0.05, 0) is 55.6 Å². The number of fused-ring (bicyclic) bond motifs is 3. The molecule has 0 amide bonds. The Morgan fingerprint density at radius 2 is 2.12 bits per heavy atom. The van der Waals surface area contributed by atoms with Crippen molar-refractivity contribution in [2.24, 2.45) is 22.7 Å². The SMILES string of the molecule is C[C@]12CCC(=O)C=C1CC[C@H]1[C@@H]3CC=C(C(=O)CO)[C@@]3(C)C[C@@H]3O[C@@]312. The first-order valence-electron chi connectivity index (χ1n) is 9.63. The van der Waals surface area contributed by atoms with Crippen LogP contribution in [0.25, 0.3) is 0 Å². The molecule has 5 aliphatic rings. The molecule has 0 radical (unpaired) electrons. The van der Waals surface area contributed by atoms with Crippen LogP contribution >= 0.6 is 0 Å². The normalized spacial score (nSPS) is 50.0. The van der Waals surface area contributed by atoms with Gasteiger partial charge in [0.05, 0.1) is 6.10 Å². The van der Waals surface area contributed by atoms with Gasteiger partial charge in [0.1, 0.15) is 12.2 Å². The van der Waals surface area contributed by atoms with Gasteiger partial charge in [-0.25, -0.2) is 0 Å². The number of allylic oxidation sites excluding steroid dienone is 2. The van der Waals surface area contributed by atoms with Gasteiger partial charge in [0.15, 0.2) is 11.6 Å². The van der Waals surface area contributed by atoms with Crippen molar-refractivity contribution >= 4 is 11.6 Å². The molecule has 4 heteroatoms. The van der Waals surface area contributed by atoms with Gasteiger partial charge in [-0.15, -0.1) is 0 Å². The van der Waals surface area contributed by atoms with E-state index in [-0.39, 0.29) is 34.1 Å². The smallest absolute Gasteiger partial charge is 0.184 e. The molecule has 0 unspecified atom stereocenters. The third kappa shape index (κ3) is 1.71. The molecule has 4 aliphatic carbocycles. The molecule has 134 valence electrons. The molecular weight excluding hydrogens is 316 g/mol. The number of carbonyl (C=O) groups excluding carboxylic acids is 2. The lowest BCUT2D eigenvalue weighted by molar-refractivity contribution is -0.120. The van der Waals surface area contributed by atoms with Crippen LogP contribution in [0.15, 0.2) is 23.3 Å². The van der Waals surface area contributed by atoms with Crippen LogP contribution in [-0.4, -0.2) is 35.0 Å². The number of carbonyl (C=O) groups is 2. The van der Waals surface area contributed by atoms with Gasteiger partial charge in [-0.1, -0.05) is 25.5 Å². The van der Waals surface area contributed by atoms with Crippen LogP contribution < -0.4 is 0 Å². The van der Waals surface area contributed by atoms with Crippen LogP contribution in [0.4, 0.5) is 0 Å². The average molecular weight is 342 g/mol. The Bertz CT molecular complexity index is 749. The summed E-state index contributed by atoms with van der Waals surface area (Å²) in [6.07, 6.45) is 9.46. The minimum atomic E-state index is -0.401. The second-order valence-corrected chi connectivity index (χ2v) is 9.18. The lowest BCUT2D eigenvalue weighted by atomic mass is 9.46. The molecule has 0 aromatic carbocycles. The molecule has 2 saturated carbocycles. The highest BCUT2D eigenvalue weighted by molar-refractivity contribution is 5.98. The van der Waals surface area contributed by atoms with Crippen LogP contribution in [0, 0.1) is 22.7 Å². The maximum atomic E-state index is 12.3. The molecule has 0 bridgehead atoms. The number of hydrogen-bond donors (Lipinski definition) is 1. The zero-order chi connectivity index (χ0) is 17.6. The Labute approximate surface area is 148 Å². The maximum absolute atomic E-state index is 12.3. The molecule has 1 aliphatic heterocycles. The molecule has 0 aromatic heterocycles. The van der Waals surface area contributed by atoms with Crippen LogP contribution in [0.5, 0.6) is 0 Å². The fourth-order valence-corrected chi connectivity index (χ4v) is 7.10. The second-order valence-electron chi connectivity index (χ2n) is 9.18. The molecule has 0 aromatic rings. The highest BCUT2D eigenvalue weighted by atomic mass is 16.6. The third-order valence-corrected chi connectivity index (χ3v) is 8.36. The summed E-state index contributed by atoms with van der Waals surface area (Å²) in [7, 11) is 0. The van der Waals surface area contributed by atoms with Crippen LogP contribution in [-0.2, 0) is 14.3 Å². The quantitative estimate of drug-likeness (QED) is 0.784. The Morgan fingerprint density at radius 1 is 1.32 bits per heavy atom. The zero-order valence-electron chi connectivity index (χ0n) is 15.0. The molecule has 1 saturated heterocycles. The Hall–Kier alpha value is -1.26. The number of aliphatic hydroxyl groups excluding tert-OH is 1. The number of ether oxygens (including phenoxy) is 1. The number of Topliss-reactive ketones (excluding diaryl/α,β-unsaturated/α-hetero) is 1. The van der Waals surface area contributed by atoms with E-state index in [2.05, 4.69) is 19.9 Å². The van der Waals surface area contributed by atoms with Gasteiger partial charge >= 0.3 is 0 Å². The van der Waals surface area contributed by atoms with E-state index in [0.29, 0.717) is 18.3 Å². The predicted molar refractivity (Wildman–Crippen MR) is 91.8 cm³/mol. The van der Waals surface area contributed by atoms with Crippen molar-refractivity contribution in [2.45, 2.75) is 64.1 Å². The van der Waals surface area contributed by atoms with Gasteiger partial charge in [-0.3, -0.25) is 9.59 Å². The van der Waals surface area contributed by atoms with Crippen LogP contribution in [0.3, 0.4) is 0 Å². The van der Waals surface area contributed by atoms with E-state index >= 15 is 0 Å². The van der Waals surface area contributed by atoms with Crippen molar-refractivity contribution in [2.75, 3.05) is 6.61 Å². The summed E-state index contributed by atoms with van der Waals surface area (Å²) < 4.78 is 6.49. The van der Waals surface area contributed by atoms with E-state index in [9.17, 15) is 14.7 Å². The van der Waals surface area contributed by atoms with Crippen molar-refractivity contribution in [1.29, 1.82) is 0 Å². The minimum absolute atomic E-state index is 0.0282. The molecular formula is C21H26O4. The van der Waals surface area contributed by atoms with Crippen LogP contribution in [0.1, 0.15) is 52.4 Å². The summed E-state index contributed by atoms with van der Waals surface area (Å²) in [5, 5.41) is 9.37. The molecule has 4 nitrogen and oxygen atoms in total. The van der Waals surface area contributed by atoms with Crippen LogP contribution in [0.2, 0.25) is 0 Å². The van der Waals surface area contributed by atoms with Crippen molar-refractivity contribution in [3.8, 4) is 0 Å². The molecule has 3 fully saturated rings. The monoisotopic (exact) mass is 342 g/mol. The summed E-state index contributed by atoms with van der Waals surface area (Å²) in [5.74, 6) is 0.988. The number of ketones is 2. The fraction of sp³-hybridized carbons (Fsp3) is 0.714. The Balaban J connectivity index is 1.55. The van der Waals surface area contributed by atoms with E-state index in [1.165, 1.54) is 5.57 Å². The summed E-state index contributed by atoms with van der Waals surface area (Å²) in [6, 6.07) is 0. The topological polar surface area (TPSA) is 66.9 Å². The first-order valence-corrected chi connectivity index (χ1v) is 9.63. The van der Waals surface area contributed by atoms with Gasteiger partial charge in [0, 0.05) is 17.3 Å². The summed E-state index contributed by atoms with van der Waals surface area (Å²) in [5.41, 5.74) is 1.79. The van der Waals surface area contributed by atoms with E-state index in [1.54, 1.807) is 0 Å². The standard InChI is InChI=1S/C21H26O4/c1-19-10-18-21(25-18)15(14(19)5-6-16(19)17(24)11-22)4-3-12-9-13(23)7-8-20(12,21)2/h6,9,14-15,18,22H,3-5,7-8,10-11H2,1-2H3/t14-,15-,18-,19-,20-,21+/m0/s1. The highest BCUT2D eigenvalue weighted by Gasteiger charge is 2.78. The molecule has 1 N–H and O–H groups in total. The summed E-state index contributed by atoms with van der Waals surface area (Å²) >= 11 is 0. The number of epoxide rings is 1. The minimum Gasteiger partial charge on any atom is -0.388 e. The molecule has 1 spiro atoms. The van der Waals surface area contributed by atoms with Gasteiger partial charge in [-0.2, -0.15) is 0 Å². The van der Waals surface area contributed by atoms with Crippen molar-refractivity contribution in [1.82, 2.24) is 0 Å².